The molecular formula is C9H17NO2. The smallest absolute Gasteiger partial charge is 0.0706 e. The topological polar surface area (TPSA) is 55.5 Å². The lowest BCUT2D eigenvalue weighted by Gasteiger charge is -2.51. The van der Waals surface area contributed by atoms with Crippen LogP contribution in [0.2, 0.25) is 0 Å². The van der Waals surface area contributed by atoms with Gasteiger partial charge in [-0.15, -0.1) is 0 Å². The number of hydrogen-bond donors (Lipinski definition) is 2. The quantitative estimate of drug-likeness (QED) is 0.632. The molecule has 3 fully saturated rings. The number of rotatable bonds is 2. The van der Waals surface area contributed by atoms with Crippen LogP contribution < -0.4 is 5.73 Å². The largest absolute Gasteiger partial charge is 0.396 e. The zero-order valence-electron chi connectivity index (χ0n) is 7.38. The monoisotopic (exact) mass is 171 g/mol. The predicted molar refractivity (Wildman–Crippen MR) is 45.8 cm³/mol. The fourth-order valence-corrected chi connectivity index (χ4v) is 2.31. The summed E-state index contributed by atoms with van der Waals surface area (Å²) in [4.78, 5) is 0. The van der Waals surface area contributed by atoms with E-state index in [4.69, 9.17) is 15.6 Å². The van der Waals surface area contributed by atoms with E-state index in [1.165, 1.54) is 0 Å². The van der Waals surface area contributed by atoms with Gasteiger partial charge in [0.25, 0.3) is 0 Å². The molecule has 3 aliphatic rings. The Bertz CT molecular complexity index is 157. The van der Waals surface area contributed by atoms with Gasteiger partial charge in [-0.05, 0) is 32.1 Å². The number of aliphatic hydroxyl groups is 1. The molecule has 3 N–H and O–H groups in total. The van der Waals surface area contributed by atoms with Gasteiger partial charge >= 0.3 is 0 Å². The van der Waals surface area contributed by atoms with E-state index in [1.54, 1.807) is 0 Å². The second-order valence-electron chi connectivity index (χ2n) is 4.31. The second-order valence-corrected chi connectivity index (χ2v) is 4.31. The molecule has 70 valence electrons. The average molecular weight is 171 g/mol. The Balaban J connectivity index is 2.04. The highest BCUT2D eigenvalue weighted by Crippen LogP contribution is 2.43. The van der Waals surface area contributed by atoms with Crippen LogP contribution >= 0.6 is 0 Å². The van der Waals surface area contributed by atoms with Crippen molar-refractivity contribution in [2.75, 3.05) is 13.2 Å². The molecule has 0 amide bonds. The third kappa shape index (κ3) is 1.26. The summed E-state index contributed by atoms with van der Waals surface area (Å²) in [6.45, 7) is 0.921. The zero-order valence-corrected chi connectivity index (χ0v) is 7.38. The molecule has 2 saturated heterocycles. The van der Waals surface area contributed by atoms with E-state index >= 15 is 0 Å². The van der Waals surface area contributed by atoms with Crippen LogP contribution in [-0.2, 0) is 4.74 Å². The minimum Gasteiger partial charge on any atom is -0.396 e. The van der Waals surface area contributed by atoms with E-state index in [1.807, 2.05) is 0 Å². The molecule has 1 saturated carbocycles. The predicted octanol–water partition coefficient (Wildman–Crippen LogP) is 0.409. The Morgan fingerprint density at radius 2 is 1.92 bits per heavy atom. The minimum atomic E-state index is -0.0444. The van der Waals surface area contributed by atoms with Crippen molar-refractivity contribution in [3.63, 3.8) is 0 Å². The molecular weight excluding hydrogens is 154 g/mol. The number of ether oxygens (including phenoxy) is 1. The van der Waals surface area contributed by atoms with Gasteiger partial charge in [0, 0.05) is 12.1 Å². The molecule has 0 aromatic rings. The summed E-state index contributed by atoms with van der Waals surface area (Å²) in [5, 5.41) is 8.89. The van der Waals surface area contributed by atoms with Crippen molar-refractivity contribution in [2.45, 2.75) is 43.2 Å². The average Bonchev–Trinajstić information content (AvgIpc) is 2.08. The number of nitrogens with two attached hydrogens (primary N) is 1. The van der Waals surface area contributed by atoms with Crippen molar-refractivity contribution in [3.8, 4) is 0 Å². The van der Waals surface area contributed by atoms with Crippen LogP contribution in [0.3, 0.4) is 0 Å². The van der Waals surface area contributed by atoms with Crippen LogP contribution in [0.5, 0.6) is 0 Å². The first-order valence-corrected chi connectivity index (χ1v) is 4.72. The van der Waals surface area contributed by atoms with Gasteiger partial charge in [-0.3, -0.25) is 0 Å². The van der Waals surface area contributed by atoms with E-state index in [-0.39, 0.29) is 17.7 Å². The Morgan fingerprint density at radius 1 is 1.25 bits per heavy atom. The van der Waals surface area contributed by atoms with Gasteiger partial charge in [0.15, 0.2) is 0 Å². The zero-order chi connectivity index (χ0) is 8.66. The van der Waals surface area contributed by atoms with Crippen molar-refractivity contribution in [2.24, 2.45) is 5.73 Å². The summed E-state index contributed by atoms with van der Waals surface area (Å²) in [7, 11) is 0. The molecule has 1 aliphatic carbocycles. The number of aliphatic hydroxyl groups excluding tert-OH is 1. The van der Waals surface area contributed by atoms with Gasteiger partial charge in [-0.25, -0.2) is 0 Å². The van der Waals surface area contributed by atoms with Crippen LogP contribution in [0.25, 0.3) is 0 Å². The molecule has 0 atom stereocenters. The van der Waals surface area contributed by atoms with Gasteiger partial charge < -0.3 is 15.6 Å². The van der Waals surface area contributed by atoms with E-state index < -0.39 is 0 Å². The fraction of sp³-hybridized carbons (Fsp3) is 1.00. The van der Waals surface area contributed by atoms with E-state index in [0.717, 1.165) is 32.1 Å². The second kappa shape index (κ2) is 2.69. The molecule has 0 aromatic heterocycles. The highest BCUT2D eigenvalue weighted by Gasteiger charge is 2.47. The Labute approximate surface area is 72.9 Å². The maximum absolute atomic E-state index is 8.89. The highest BCUT2D eigenvalue weighted by molar-refractivity contribution is 5.02. The molecule has 0 spiro atoms. The molecule has 0 radical (unpaired) electrons. The summed E-state index contributed by atoms with van der Waals surface area (Å²) in [6.07, 6.45) is 4.97. The Morgan fingerprint density at radius 3 is 2.33 bits per heavy atom. The van der Waals surface area contributed by atoms with Crippen LogP contribution in [0, 0.1) is 0 Å². The fourth-order valence-electron chi connectivity index (χ4n) is 2.31. The summed E-state index contributed by atoms with van der Waals surface area (Å²) >= 11 is 0. The van der Waals surface area contributed by atoms with Crippen molar-refractivity contribution >= 4 is 0 Å². The standard InChI is InChI=1S/C9H17NO2/c10-8-1-3-9(4-2-8,5-6-11)12-7-8/h11H,1-7,10H2. The molecule has 2 bridgehead atoms. The number of hydrogen-bond acceptors (Lipinski definition) is 3. The van der Waals surface area contributed by atoms with Crippen LogP contribution in [0.15, 0.2) is 0 Å². The summed E-state index contributed by atoms with van der Waals surface area (Å²) in [6, 6.07) is 0. The lowest BCUT2D eigenvalue weighted by atomic mass is 9.70. The molecule has 0 aromatic carbocycles. The van der Waals surface area contributed by atoms with E-state index in [2.05, 4.69) is 0 Å². The first-order valence-electron chi connectivity index (χ1n) is 4.72. The van der Waals surface area contributed by atoms with E-state index in [0.29, 0.717) is 6.61 Å². The minimum absolute atomic E-state index is 0.0180. The van der Waals surface area contributed by atoms with Crippen molar-refractivity contribution < 1.29 is 9.84 Å². The first-order chi connectivity index (χ1) is 5.68. The lowest BCUT2D eigenvalue weighted by molar-refractivity contribution is -0.160. The van der Waals surface area contributed by atoms with Crippen molar-refractivity contribution in [1.82, 2.24) is 0 Å². The lowest BCUT2D eigenvalue weighted by Crippen LogP contribution is -2.59. The SMILES string of the molecule is NC12CCC(CCO)(CC1)OC2. The molecule has 3 rings (SSSR count). The van der Waals surface area contributed by atoms with Crippen molar-refractivity contribution in [3.05, 3.63) is 0 Å². The first kappa shape index (κ1) is 8.48. The number of fused-ring (bicyclic) bond motifs is 3. The van der Waals surface area contributed by atoms with Gasteiger partial charge in [0.1, 0.15) is 0 Å². The van der Waals surface area contributed by atoms with E-state index in [9.17, 15) is 0 Å². The Kier molecular flexibility index (Phi) is 1.90. The van der Waals surface area contributed by atoms with Crippen LogP contribution in [-0.4, -0.2) is 29.5 Å². The molecule has 12 heavy (non-hydrogen) atoms. The molecule has 3 heteroatoms. The highest BCUT2D eigenvalue weighted by atomic mass is 16.5. The normalized spacial score (nSPS) is 46.5. The third-order valence-corrected chi connectivity index (χ3v) is 3.39. The van der Waals surface area contributed by atoms with Crippen LogP contribution in [0.4, 0.5) is 0 Å². The maximum Gasteiger partial charge on any atom is 0.0706 e. The summed E-state index contributed by atoms with van der Waals surface area (Å²) in [5.74, 6) is 0. The third-order valence-electron chi connectivity index (χ3n) is 3.39. The molecule has 2 heterocycles. The van der Waals surface area contributed by atoms with Gasteiger partial charge in [-0.1, -0.05) is 0 Å². The van der Waals surface area contributed by atoms with Crippen molar-refractivity contribution in [1.29, 1.82) is 0 Å². The van der Waals surface area contributed by atoms with Gasteiger partial charge in [0.2, 0.25) is 0 Å². The Hall–Kier alpha value is -0.120. The summed E-state index contributed by atoms with van der Waals surface area (Å²) in [5.41, 5.74) is 6.00. The van der Waals surface area contributed by atoms with Crippen LogP contribution in [0.1, 0.15) is 32.1 Å². The maximum atomic E-state index is 8.89. The van der Waals surface area contributed by atoms with Gasteiger partial charge in [-0.2, -0.15) is 0 Å². The summed E-state index contributed by atoms with van der Waals surface area (Å²) < 4.78 is 5.72. The van der Waals surface area contributed by atoms with Gasteiger partial charge in [0.05, 0.1) is 12.2 Å². The molecule has 3 nitrogen and oxygen atoms in total. The molecule has 0 unspecified atom stereocenters. The molecule has 2 aliphatic heterocycles.